The van der Waals surface area contributed by atoms with E-state index in [1.54, 1.807) is 7.11 Å². The summed E-state index contributed by atoms with van der Waals surface area (Å²) >= 11 is 0. The van der Waals surface area contributed by atoms with Crippen molar-refractivity contribution < 1.29 is 14.6 Å². The Bertz CT molecular complexity index is 398. The lowest BCUT2D eigenvalue weighted by Crippen LogP contribution is -2.44. The molecule has 1 aromatic rings. The van der Waals surface area contributed by atoms with Gasteiger partial charge in [-0.25, -0.2) is 0 Å². The van der Waals surface area contributed by atoms with Crippen molar-refractivity contribution in [3.05, 3.63) is 23.8 Å². The molecule has 1 atom stereocenters. The van der Waals surface area contributed by atoms with Crippen LogP contribution in [0.15, 0.2) is 18.2 Å². The number of nitrogens with zero attached hydrogens (tertiary/aromatic N) is 1. The lowest BCUT2D eigenvalue weighted by Gasteiger charge is -2.35. The number of aliphatic hydroxyl groups is 1. The maximum Gasteiger partial charge on any atom is 0.120 e. The maximum atomic E-state index is 9.18. The summed E-state index contributed by atoms with van der Waals surface area (Å²) in [5.41, 5.74) is 7.91. The van der Waals surface area contributed by atoms with Crippen molar-refractivity contribution in [2.24, 2.45) is 5.73 Å². The van der Waals surface area contributed by atoms with Crippen molar-refractivity contribution in [3.8, 4) is 5.75 Å². The van der Waals surface area contributed by atoms with Crippen LogP contribution in [0.25, 0.3) is 0 Å². The fourth-order valence-electron chi connectivity index (χ4n) is 2.19. The molecule has 0 spiro atoms. The average Bonchev–Trinajstić information content (AvgIpc) is 2.46. The number of ether oxygens (including phenoxy) is 2. The summed E-state index contributed by atoms with van der Waals surface area (Å²) in [6.07, 6.45) is -0.129. The van der Waals surface area contributed by atoms with Gasteiger partial charge in [0.2, 0.25) is 0 Å². The minimum absolute atomic E-state index is 0.0401. The lowest BCUT2D eigenvalue weighted by atomic mass is 10.1. The molecule has 0 bridgehead atoms. The van der Waals surface area contributed by atoms with E-state index < -0.39 is 0 Å². The molecule has 1 heterocycles. The Morgan fingerprint density at radius 3 is 3.06 bits per heavy atom. The van der Waals surface area contributed by atoms with Gasteiger partial charge in [-0.1, -0.05) is 6.07 Å². The normalized spacial score (nSPS) is 19.9. The second-order valence-corrected chi connectivity index (χ2v) is 4.32. The molecule has 0 amide bonds. The summed E-state index contributed by atoms with van der Waals surface area (Å²) in [5, 5.41) is 9.18. The van der Waals surface area contributed by atoms with Crippen molar-refractivity contribution in [2.75, 3.05) is 38.3 Å². The number of hydrogen-bond donors (Lipinski definition) is 2. The van der Waals surface area contributed by atoms with Gasteiger partial charge in [0.05, 0.1) is 26.4 Å². The number of nitrogens with two attached hydrogens (primary N) is 1. The lowest BCUT2D eigenvalue weighted by molar-refractivity contribution is 0.00352. The second kappa shape index (κ2) is 6.04. The predicted molar refractivity (Wildman–Crippen MR) is 69.9 cm³/mol. The molecule has 1 aliphatic rings. The van der Waals surface area contributed by atoms with Gasteiger partial charge < -0.3 is 25.2 Å². The number of hydrogen-bond acceptors (Lipinski definition) is 5. The van der Waals surface area contributed by atoms with Gasteiger partial charge in [-0.15, -0.1) is 0 Å². The molecule has 5 nitrogen and oxygen atoms in total. The SMILES string of the molecule is COc1ccc(CN)c(N2CCOC(CO)C2)c1. The molecular formula is C13H20N2O3. The van der Waals surface area contributed by atoms with Crippen LogP contribution in [0.4, 0.5) is 5.69 Å². The Kier molecular flexibility index (Phi) is 4.41. The van der Waals surface area contributed by atoms with Gasteiger partial charge >= 0.3 is 0 Å². The average molecular weight is 252 g/mol. The summed E-state index contributed by atoms with van der Waals surface area (Å²) in [5.74, 6) is 0.814. The zero-order valence-electron chi connectivity index (χ0n) is 10.6. The van der Waals surface area contributed by atoms with Crippen LogP contribution in [-0.2, 0) is 11.3 Å². The standard InChI is InChI=1S/C13H20N2O3/c1-17-11-3-2-10(7-14)13(6-11)15-4-5-18-12(8-15)9-16/h2-3,6,12,16H,4-5,7-9,14H2,1H3. The third-order valence-electron chi connectivity index (χ3n) is 3.20. The first-order valence-corrected chi connectivity index (χ1v) is 6.13. The van der Waals surface area contributed by atoms with E-state index in [1.165, 1.54) is 0 Å². The van der Waals surface area contributed by atoms with Crippen molar-refractivity contribution >= 4 is 5.69 Å². The zero-order valence-corrected chi connectivity index (χ0v) is 10.6. The van der Waals surface area contributed by atoms with Gasteiger partial charge in [0, 0.05) is 31.4 Å². The number of benzene rings is 1. The molecule has 2 rings (SSSR count). The van der Waals surface area contributed by atoms with Gasteiger partial charge in [0.25, 0.3) is 0 Å². The summed E-state index contributed by atoms with van der Waals surface area (Å²) in [4.78, 5) is 2.19. The number of rotatable bonds is 4. The molecule has 0 aromatic heterocycles. The number of aliphatic hydroxyl groups excluding tert-OH is 1. The van der Waals surface area contributed by atoms with Gasteiger partial charge in [-0.3, -0.25) is 0 Å². The fraction of sp³-hybridized carbons (Fsp3) is 0.538. The first-order valence-electron chi connectivity index (χ1n) is 6.13. The van der Waals surface area contributed by atoms with Crippen molar-refractivity contribution in [1.82, 2.24) is 0 Å². The zero-order chi connectivity index (χ0) is 13.0. The monoisotopic (exact) mass is 252 g/mol. The maximum absolute atomic E-state index is 9.18. The Balaban J connectivity index is 2.24. The van der Waals surface area contributed by atoms with E-state index in [0.717, 1.165) is 23.5 Å². The molecule has 1 saturated heterocycles. The van der Waals surface area contributed by atoms with E-state index in [1.807, 2.05) is 18.2 Å². The molecule has 0 saturated carbocycles. The van der Waals surface area contributed by atoms with Gasteiger partial charge in [0.15, 0.2) is 0 Å². The third kappa shape index (κ3) is 2.75. The van der Waals surface area contributed by atoms with Gasteiger partial charge in [-0.2, -0.15) is 0 Å². The van der Waals surface area contributed by atoms with E-state index in [0.29, 0.717) is 19.7 Å². The van der Waals surface area contributed by atoms with E-state index in [2.05, 4.69) is 4.90 Å². The quantitative estimate of drug-likeness (QED) is 0.809. The van der Waals surface area contributed by atoms with Crippen LogP contribution in [0.1, 0.15) is 5.56 Å². The van der Waals surface area contributed by atoms with Crippen LogP contribution in [0.3, 0.4) is 0 Å². The fourth-order valence-corrected chi connectivity index (χ4v) is 2.19. The van der Waals surface area contributed by atoms with Crippen LogP contribution in [0.5, 0.6) is 5.75 Å². The molecule has 18 heavy (non-hydrogen) atoms. The molecular weight excluding hydrogens is 232 g/mol. The summed E-state index contributed by atoms with van der Waals surface area (Å²) in [6.45, 7) is 2.62. The molecule has 5 heteroatoms. The molecule has 100 valence electrons. The van der Waals surface area contributed by atoms with Crippen molar-refractivity contribution in [1.29, 1.82) is 0 Å². The molecule has 0 aliphatic carbocycles. The summed E-state index contributed by atoms with van der Waals surface area (Å²) < 4.78 is 10.7. The molecule has 3 N–H and O–H groups in total. The minimum Gasteiger partial charge on any atom is -0.497 e. The van der Waals surface area contributed by atoms with E-state index in [-0.39, 0.29) is 12.7 Å². The highest BCUT2D eigenvalue weighted by Crippen LogP contribution is 2.27. The molecule has 1 aromatic carbocycles. The van der Waals surface area contributed by atoms with Gasteiger partial charge in [0.1, 0.15) is 5.75 Å². The molecule has 1 aliphatic heterocycles. The highest BCUT2D eigenvalue weighted by Gasteiger charge is 2.21. The van der Waals surface area contributed by atoms with Crippen molar-refractivity contribution in [2.45, 2.75) is 12.6 Å². The smallest absolute Gasteiger partial charge is 0.120 e. The van der Waals surface area contributed by atoms with Gasteiger partial charge in [-0.05, 0) is 11.6 Å². The topological polar surface area (TPSA) is 68.0 Å². The van der Waals surface area contributed by atoms with Crippen LogP contribution in [-0.4, -0.2) is 44.6 Å². The summed E-state index contributed by atoms with van der Waals surface area (Å²) in [6, 6.07) is 5.88. The minimum atomic E-state index is -0.129. The number of methoxy groups -OCH3 is 1. The van der Waals surface area contributed by atoms with E-state index in [4.69, 9.17) is 15.2 Å². The highest BCUT2D eigenvalue weighted by molar-refractivity contribution is 5.57. The first-order chi connectivity index (χ1) is 8.78. The Morgan fingerprint density at radius 2 is 2.39 bits per heavy atom. The Hall–Kier alpha value is -1.30. The Morgan fingerprint density at radius 1 is 1.56 bits per heavy atom. The van der Waals surface area contributed by atoms with Crippen molar-refractivity contribution in [3.63, 3.8) is 0 Å². The highest BCUT2D eigenvalue weighted by atomic mass is 16.5. The first kappa shape index (κ1) is 13.1. The molecule has 1 unspecified atom stereocenters. The Labute approximate surface area is 107 Å². The number of anilines is 1. The van der Waals surface area contributed by atoms with E-state index >= 15 is 0 Å². The largest absolute Gasteiger partial charge is 0.497 e. The van der Waals surface area contributed by atoms with Crippen LogP contribution >= 0.6 is 0 Å². The predicted octanol–water partition coefficient (Wildman–Crippen LogP) is 0.351. The van der Waals surface area contributed by atoms with E-state index in [9.17, 15) is 5.11 Å². The summed E-state index contributed by atoms with van der Waals surface area (Å²) in [7, 11) is 1.65. The third-order valence-corrected chi connectivity index (χ3v) is 3.20. The molecule has 0 radical (unpaired) electrons. The second-order valence-electron chi connectivity index (χ2n) is 4.32. The molecule has 1 fully saturated rings. The number of morpholine rings is 1. The van der Waals surface area contributed by atoms with Crippen LogP contribution in [0.2, 0.25) is 0 Å². The van der Waals surface area contributed by atoms with Crippen LogP contribution < -0.4 is 15.4 Å². The van der Waals surface area contributed by atoms with Crippen LogP contribution in [0, 0.1) is 0 Å².